The third kappa shape index (κ3) is 26.3. The van der Waals surface area contributed by atoms with Crippen LogP contribution in [-0.4, -0.2) is 310 Å². The van der Waals surface area contributed by atoms with Crippen molar-refractivity contribution in [2.45, 2.75) is 387 Å². The zero-order valence-corrected chi connectivity index (χ0v) is 83.1. The molecule has 8 heterocycles. The summed E-state index contributed by atoms with van der Waals surface area (Å²) in [6.07, 6.45) is -9.39. The van der Waals surface area contributed by atoms with E-state index in [1.807, 2.05) is 79.5 Å². The number of carbonyl (C=O) groups is 10. The molecule has 0 spiro atoms. The van der Waals surface area contributed by atoms with E-state index in [0.717, 1.165) is 4.57 Å². The smallest absolute Gasteiger partial charge is 0.420 e. The van der Waals surface area contributed by atoms with E-state index in [4.69, 9.17) is 100 Å². The van der Waals surface area contributed by atoms with Gasteiger partial charge in [0, 0.05) is 129 Å². The van der Waals surface area contributed by atoms with Crippen molar-refractivity contribution < 1.29 is 143 Å². The summed E-state index contributed by atoms with van der Waals surface area (Å²) in [6.45, 7) is 40.8. The van der Waals surface area contributed by atoms with Crippen molar-refractivity contribution >= 4 is 59.6 Å². The molecule has 0 saturated carbocycles. The lowest BCUT2D eigenvalue weighted by atomic mass is 9.75. The van der Waals surface area contributed by atoms with Gasteiger partial charge >= 0.3 is 48.0 Å². The molecule has 0 radical (unpaired) electrons. The maximum atomic E-state index is 15.0. The molecule has 1 aromatic rings. The van der Waals surface area contributed by atoms with Crippen molar-refractivity contribution in [1.29, 1.82) is 0 Å². The first kappa shape index (κ1) is 110. The lowest BCUT2D eigenvalue weighted by Crippen LogP contribution is -2.61. The van der Waals surface area contributed by atoms with Gasteiger partial charge in [0.25, 0.3) is 0 Å². The first-order chi connectivity index (χ1) is 61.1. The largest absolute Gasteiger partial charge is 0.457 e. The predicted octanol–water partition coefficient (Wildman–Crippen LogP) is 11.8. The van der Waals surface area contributed by atoms with Crippen LogP contribution < -0.4 is 0 Å². The average Bonchev–Trinajstić information content (AvgIpc) is 1.62. The fourth-order valence-corrected chi connectivity index (χ4v) is 20.2. The number of allylic oxidation sites excluding steroid dienone is 2. The first-order valence-corrected chi connectivity index (χ1v) is 45.7. The van der Waals surface area contributed by atoms with Gasteiger partial charge in [-0.25, -0.2) is 19.1 Å². The molecule has 2 unspecified atom stereocenters. The Morgan fingerprint density at radius 2 is 0.962 bits per heavy atom. The van der Waals surface area contributed by atoms with E-state index in [0.29, 0.717) is 25.7 Å². The Balaban J connectivity index is 0.000000359. The Bertz CT molecular complexity index is 4180. The van der Waals surface area contributed by atoms with Gasteiger partial charge in [-0.05, 0) is 194 Å². The number of methoxy groups -OCH3 is 4. The maximum absolute atomic E-state index is 15.0. The van der Waals surface area contributed by atoms with Crippen LogP contribution in [0.3, 0.4) is 0 Å². The van der Waals surface area contributed by atoms with E-state index >= 15 is 0 Å². The second-order valence-electron chi connectivity index (χ2n) is 38.2. The summed E-state index contributed by atoms with van der Waals surface area (Å²) >= 11 is 0. The van der Waals surface area contributed by atoms with Crippen molar-refractivity contribution in [2.24, 2.45) is 40.6 Å². The van der Waals surface area contributed by atoms with Crippen molar-refractivity contribution in [3.63, 3.8) is 0 Å². The summed E-state index contributed by atoms with van der Waals surface area (Å²) in [4.78, 5) is 148. The number of likely N-dealkylation sites (N-methyl/N-ethyl adjacent to an activating group) is 2. The Morgan fingerprint density at radius 3 is 1.34 bits per heavy atom. The molecule has 1 amide bonds. The number of rotatable bonds is 26. The van der Waals surface area contributed by atoms with Crippen LogP contribution in [0, 0.1) is 35.5 Å². The summed E-state index contributed by atoms with van der Waals surface area (Å²) in [6, 6.07) is -0.615. The molecule has 7 aliphatic heterocycles. The van der Waals surface area contributed by atoms with E-state index in [2.05, 4.69) is 15.0 Å². The summed E-state index contributed by atoms with van der Waals surface area (Å²) in [5.74, 6) is -9.31. The fraction of sp³-hybridized carbons (Fsp3) is 0.817. The highest BCUT2D eigenvalue weighted by Crippen LogP contribution is 2.48. The van der Waals surface area contributed by atoms with Gasteiger partial charge in [-0.3, -0.25) is 43.3 Å². The maximum Gasteiger partial charge on any atom is 0.420 e. The zero-order valence-electron chi connectivity index (χ0n) is 83.1. The number of carbonyl (C=O) groups excluding carboxylic acids is 10. The molecule has 38 nitrogen and oxygen atoms in total. The highest BCUT2D eigenvalue weighted by atomic mass is 16.7. The van der Waals surface area contributed by atoms with Gasteiger partial charge in [0.2, 0.25) is 0 Å². The number of hydrogen-bond acceptors (Lipinski definition) is 34. The molecule has 0 aliphatic carbocycles. The number of ether oxygens (including phenoxy) is 20. The predicted molar refractivity (Wildman–Crippen MR) is 473 cm³/mol. The third-order valence-corrected chi connectivity index (χ3v) is 27.3. The molecule has 5 fully saturated rings. The van der Waals surface area contributed by atoms with Crippen molar-refractivity contribution in [3.05, 3.63) is 52.1 Å². The molecule has 1 aromatic heterocycles. The van der Waals surface area contributed by atoms with Crippen LogP contribution in [0.1, 0.15) is 230 Å². The molecular weight excluding hydrogens is 1710 g/mol. The highest BCUT2D eigenvalue weighted by molar-refractivity contribution is 5.99. The van der Waals surface area contributed by atoms with Gasteiger partial charge < -0.3 is 105 Å². The van der Waals surface area contributed by atoms with Gasteiger partial charge in [0.15, 0.2) is 72.3 Å². The number of imidazole rings is 1. The Morgan fingerprint density at radius 1 is 0.550 bits per heavy atom. The number of hydrogen-bond donors (Lipinski definition) is 0. The van der Waals surface area contributed by atoms with Gasteiger partial charge in [0.1, 0.15) is 29.7 Å². The molecule has 8 rings (SSSR count). The number of ketones is 2. The zero-order chi connectivity index (χ0) is 98.4. The van der Waals surface area contributed by atoms with Crippen LogP contribution in [0.25, 0.3) is 10.4 Å². The topological polar surface area (TPSA) is 432 Å². The molecule has 0 N–H and O–H groups in total. The Kier molecular flexibility index (Phi) is 39.4. The molecule has 38 heteroatoms. The number of cyclic esters (lactones) is 2. The second kappa shape index (κ2) is 46.7. The molecule has 32 atom stereocenters. The van der Waals surface area contributed by atoms with E-state index < -0.39 is 216 Å². The van der Waals surface area contributed by atoms with Gasteiger partial charge in [0.05, 0.1) is 89.7 Å². The molecule has 131 heavy (non-hydrogen) atoms. The monoisotopic (exact) mass is 1860 g/mol. The lowest BCUT2D eigenvalue weighted by molar-refractivity contribution is -0.320. The van der Waals surface area contributed by atoms with Crippen molar-refractivity contribution in [2.75, 3.05) is 69.7 Å². The standard InChI is InChI=1S/C47H77N5O15.C46H73N3O15/c1-17-34-47(12)39(52(44(57)67-47)21-19-18-20-49-50-48)27(4)36(55)25(2)23-45(10,58-15)40(66-43-38(62-31(8)53)33(51(13)14)22-26(3)60-43)28(5)37(29(6)42(56)64-34)65-35-24-46(11,59-16)41(30(7)61-35)63-32(9)54;1-17-34-44(10,64-43(54)49-19-18-47-24-49)21-25(2)36(52)26(3)22-45(11,55-15)39(63-42-38(59-31(8)50)33(48(13)14)20-27(4)57-42)28(5)37(29(6)41(53)61-34)62-35-23-46(12,56-16)40(30(7)58-35)60-32(9)51/h25-26,28-30,33-35,37-38,40-41,43H,17-24H2,1-16H3;18-19,21,24,26-30,33-35,37-40,42H,17,20,22-23H2,1-16H3/b39-27-;25-21+/t25-,26-,28+,29-,30+,33+,34-,35+,37+,38-,40-,41+,43?,45+,46-,47-;26-,27-,28+,29-,30+,33+,34-,35+,37+,38-,39-,40+,42?,44+,45+,46-/m11/s1. The average molecular weight is 1860 g/mol. The van der Waals surface area contributed by atoms with E-state index in [1.165, 1.54) is 85.8 Å². The minimum absolute atomic E-state index is 0.0583. The number of amides is 1. The number of fused-ring (bicyclic) bond motifs is 1. The number of aromatic nitrogens is 2. The first-order valence-electron chi connectivity index (χ1n) is 45.7. The van der Waals surface area contributed by atoms with E-state index in [-0.39, 0.29) is 104 Å². The second-order valence-corrected chi connectivity index (χ2v) is 38.2. The minimum Gasteiger partial charge on any atom is -0.457 e. The van der Waals surface area contributed by atoms with Crippen LogP contribution in [0.2, 0.25) is 0 Å². The third-order valence-electron chi connectivity index (χ3n) is 27.3. The molecule has 742 valence electrons. The lowest BCUT2D eigenvalue weighted by Gasteiger charge is -2.50. The molecule has 0 aromatic carbocycles. The van der Waals surface area contributed by atoms with Gasteiger partial charge in [-0.1, -0.05) is 46.7 Å². The van der Waals surface area contributed by atoms with Crippen molar-refractivity contribution in [1.82, 2.24) is 24.3 Å². The minimum atomic E-state index is -1.63. The number of esters is 6. The van der Waals surface area contributed by atoms with Gasteiger partial charge in [-0.15, -0.1) is 0 Å². The summed E-state index contributed by atoms with van der Waals surface area (Å²) in [7, 11) is 13.6. The van der Waals surface area contributed by atoms with Crippen LogP contribution in [0.5, 0.6) is 0 Å². The normalized spacial score (nSPS) is 40.0. The SMILES string of the molecule is CC[C@H]1OC(=O)[C@H](C)[C@@H](O[C@H]2C[C@@](C)(OC)[C@@H](OC(C)=O)[C@H](C)O2)[C@H](C)[C@@H](OC2O[C@H](C)C[C@H](N(C)C)[C@H]2OC(C)=O)[C@@](C)(OC)C[C@@H](C)C(=O)/C(C)=C/[C@]1(C)OC(=O)n1ccnc1.CC[C@H]1OC(=O)[C@H](C)[C@@H](O[C@H]2C[C@@](C)(OC)[C@@H](OC(C)=O)[C@H](C)O2)[C@H](C)[C@@H](OC2O[C@H](C)C[C@H](N(C)C)[C@H]2OC(C)=O)[C@@](C)(OC)C[C@@H](C)C(=O)/C(C)=C2\N(CCCCN=[N+]=[N-])C(=O)O[C@@]21C. The molecular formula is C93H150N8O30. The number of Topliss-reactive ketones (excluding diaryl/α,β-unsaturated/α-hetero) is 2. The van der Waals surface area contributed by atoms with Gasteiger partial charge in [-0.2, -0.15) is 0 Å². The molecule has 7 aliphatic rings. The molecule has 0 bridgehead atoms. The van der Waals surface area contributed by atoms with Crippen LogP contribution in [0.4, 0.5) is 9.59 Å². The summed E-state index contributed by atoms with van der Waals surface area (Å²) in [5, 5.41) is 3.61. The number of nitrogens with zero attached hydrogens (tertiary/aromatic N) is 8. The number of azide groups is 1. The van der Waals surface area contributed by atoms with Crippen LogP contribution >= 0.6 is 0 Å². The molecule has 5 saturated heterocycles. The van der Waals surface area contributed by atoms with Crippen LogP contribution in [-0.2, 0) is 133 Å². The summed E-state index contributed by atoms with van der Waals surface area (Å²) < 4.78 is 128. The highest BCUT2D eigenvalue weighted by Gasteiger charge is 2.60. The van der Waals surface area contributed by atoms with E-state index in [9.17, 15) is 47.9 Å². The summed E-state index contributed by atoms with van der Waals surface area (Å²) in [5.41, 5.74) is 1.55. The van der Waals surface area contributed by atoms with Crippen LogP contribution in [0.15, 0.2) is 46.8 Å². The fourth-order valence-electron chi connectivity index (χ4n) is 20.2. The quantitative estimate of drug-likeness (QED) is 0.0208. The number of unbranched alkanes of at least 4 members (excludes halogenated alkanes) is 1. The Hall–Kier alpha value is -7.66. The Labute approximate surface area is 772 Å². The van der Waals surface area contributed by atoms with Crippen molar-refractivity contribution in [3.8, 4) is 0 Å². The van der Waals surface area contributed by atoms with E-state index in [1.54, 1.807) is 96.9 Å².